The molecule has 1 unspecified atom stereocenters. The van der Waals surface area contributed by atoms with Crippen molar-refractivity contribution in [1.29, 1.82) is 0 Å². The van der Waals surface area contributed by atoms with Gasteiger partial charge >= 0.3 is 0 Å². The van der Waals surface area contributed by atoms with Crippen molar-refractivity contribution < 1.29 is 18.0 Å². The molecule has 0 aliphatic heterocycles. The van der Waals surface area contributed by atoms with Gasteiger partial charge in [0.15, 0.2) is 0 Å². The number of hydrogen-bond donors (Lipinski definition) is 1. The monoisotopic (exact) mass is 555 g/mol. The van der Waals surface area contributed by atoms with E-state index >= 15 is 0 Å². The van der Waals surface area contributed by atoms with Crippen LogP contribution in [0.5, 0.6) is 0 Å². The zero-order valence-electron chi connectivity index (χ0n) is 21.4. The summed E-state index contributed by atoms with van der Waals surface area (Å²) in [7, 11) is -3.80. The van der Waals surface area contributed by atoms with Gasteiger partial charge in [0.1, 0.15) is 12.6 Å². The molecule has 0 aliphatic carbocycles. The van der Waals surface area contributed by atoms with Crippen molar-refractivity contribution in [3.63, 3.8) is 0 Å². The maximum absolute atomic E-state index is 13.7. The highest BCUT2D eigenvalue weighted by Crippen LogP contribution is 2.28. The van der Waals surface area contributed by atoms with Crippen LogP contribution < -0.4 is 9.62 Å². The third-order valence-corrected chi connectivity index (χ3v) is 7.70. The van der Waals surface area contributed by atoms with Gasteiger partial charge in [0, 0.05) is 28.7 Å². The Hall–Kier alpha value is -2.29. The fraction of sp³-hybridized carbons (Fsp3) is 0.462. The van der Waals surface area contributed by atoms with Crippen LogP contribution in [0.25, 0.3) is 0 Å². The number of hydrogen-bond acceptors (Lipinski definition) is 4. The Morgan fingerprint density at radius 3 is 2.06 bits per heavy atom. The summed E-state index contributed by atoms with van der Waals surface area (Å²) < 4.78 is 26.5. The Bertz CT molecular complexity index is 1130. The predicted molar refractivity (Wildman–Crippen MR) is 147 cm³/mol. The van der Waals surface area contributed by atoms with Crippen LogP contribution in [-0.4, -0.2) is 50.5 Å². The van der Waals surface area contributed by atoms with Crippen LogP contribution in [0, 0.1) is 0 Å². The number of anilines is 1. The maximum atomic E-state index is 13.7. The molecule has 2 amide bonds. The van der Waals surface area contributed by atoms with E-state index in [1.807, 2.05) is 32.9 Å². The molecule has 0 saturated carbocycles. The summed E-state index contributed by atoms with van der Waals surface area (Å²) in [6, 6.07) is 11.2. The molecule has 198 valence electrons. The Labute approximate surface area is 224 Å². The van der Waals surface area contributed by atoms with E-state index in [1.165, 1.54) is 4.90 Å². The topological polar surface area (TPSA) is 86.8 Å². The summed E-state index contributed by atoms with van der Waals surface area (Å²) in [5, 5.41) is 3.55. The molecule has 2 aromatic rings. The zero-order chi connectivity index (χ0) is 27.0. The van der Waals surface area contributed by atoms with E-state index < -0.39 is 28.5 Å². The minimum absolute atomic E-state index is 0.0424. The predicted octanol–water partition coefficient (Wildman–Crippen LogP) is 5.22. The highest BCUT2D eigenvalue weighted by Gasteiger charge is 2.32. The van der Waals surface area contributed by atoms with Crippen molar-refractivity contribution in [2.45, 2.75) is 59.0 Å². The van der Waals surface area contributed by atoms with Crippen molar-refractivity contribution in [3.05, 3.63) is 63.6 Å². The third-order valence-electron chi connectivity index (χ3n) is 5.85. The van der Waals surface area contributed by atoms with Crippen LogP contribution >= 0.6 is 23.2 Å². The van der Waals surface area contributed by atoms with Gasteiger partial charge in [-0.25, -0.2) is 8.42 Å². The van der Waals surface area contributed by atoms with Crippen LogP contribution in [-0.2, 0) is 26.2 Å². The van der Waals surface area contributed by atoms with Crippen LogP contribution in [0.1, 0.15) is 57.6 Å². The highest BCUT2D eigenvalue weighted by molar-refractivity contribution is 7.92. The van der Waals surface area contributed by atoms with Gasteiger partial charge in [-0.2, -0.15) is 0 Å². The molecule has 1 atom stereocenters. The van der Waals surface area contributed by atoms with Gasteiger partial charge in [-0.3, -0.25) is 13.9 Å². The average Bonchev–Trinajstić information content (AvgIpc) is 2.82. The quantitative estimate of drug-likeness (QED) is 0.389. The second kappa shape index (κ2) is 13.3. The van der Waals surface area contributed by atoms with Gasteiger partial charge in [-0.15, -0.1) is 0 Å². The Balaban J connectivity index is 2.48. The summed E-state index contributed by atoms with van der Waals surface area (Å²) in [6.07, 6.45) is 2.11. The standard InChI is InChI=1S/C26H35Cl2N3O4S/c1-6-15-29-26(33)24(7-2)30(16-21-22(27)9-8-10-23(21)28)25(32)17-31(36(5,34)35)20-13-11-19(12-14-20)18(3)4/h8-14,18,24H,6-7,15-17H2,1-5H3,(H,29,33). The molecule has 0 aromatic heterocycles. The molecule has 2 aromatic carbocycles. The van der Waals surface area contributed by atoms with Crippen LogP contribution in [0.3, 0.4) is 0 Å². The first kappa shape index (κ1) is 29.9. The van der Waals surface area contributed by atoms with E-state index in [0.29, 0.717) is 34.3 Å². The van der Waals surface area contributed by atoms with Gasteiger partial charge in [-0.05, 0) is 48.6 Å². The summed E-state index contributed by atoms with van der Waals surface area (Å²) in [5.41, 5.74) is 1.91. The fourth-order valence-electron chi connectivity index (χ4n) is 3.78. The van der Waals surface area contributed by atoms with E-state index in [4.69, 9.17) is 23.2 Å². The summed E-state index contributed by atoms with van der Waals surface area (Å²) in [5.74, 6) is -0.582. The lowest BCUT2D eigenvalue weighted by atomic mass is 10.0. The minimum Gasteiger partial charge on any atom is -0.354 e. The average molecular weight is 557 g/mol. The number of halogens is 2. The molecular formula is C26H35Cl2N3O4S. The number of amides is 2. The van der Waals surface area contributed by atoms with Crippen molar-refractivity contribution in [2.75, 3.05) is 23.7 Å². The first-order valence-electron chi connectivity index (χ1n) is 12.0. The molecule has 10 heteroatoms. The van der Waals surface area contributed by atoms with Gasteiger partial charge in [0.05, 0.1) is 11.9 Å². The van der Waals surface area contributed by atoms with Crippen LogP contribution in [0.4, 0.5) is 5.69 Å². The lowest BCUT2D eigenvalue weighted by molar-refractivity contribution is -0.140. The summed E-state index contributed by atoms with van der Waals surface area (Å²) >= 11 is 12.7. The minimum atomic E-state index is -3.80. The largest absolute Gasteiger partial charge is 0.354 e. The fourth-order valence-corrected chi connectivity index (χ4v) is 5.15. The van der Waals surface area contributed by atoms with E-state index in [9.17, 15) is 18.0 Å². The number of sulfonamides is 1. The van der Waals surface area contributed by atoms with Gasteiger partial charge in [0.25, 0.3) is 0 Å². The number of benzene rings is 2. The molecule has 0 bridgehead atoms. The lowest BCUT2D eigenvalue weighted by Crippen LogP contribution is -2.52. The van der Waals surface area contributed by atoms with Gasteiger partial charge in [-0.1, -0.05) is 69.1 Å². The Morgan fingerprint density at radius 1 is 1.00 bits per heavy atom. The molecule has 0 spiro atoms. The molecule has 0 fully saturated rings. The normalized spacial score (nSPS) is 12.3. The molecule has 2 rings (SSSR count). The van der Waals surface area contributed by atoms with Gasteiger partial charge < -0.3 is 10.2 Å². The zero-order valence-corrected chi connectivity index (χ0v) is 23.8. The molecule has 36 heavy (non-hydrogen) atoms. The van der Waals surface area contributed by atoms with Crippen LogP contribution in [0.15, 0.2) is 42.5 Å². The number of nitrogens with zero attached hydrogens (tertiary/aromatic N) is 2. The first-order chi connectivity index (χ1) is 16.9. The molecule has 7 nitrogen and oxygen atoms in total. The molecule has 0 heterocycles. The summed E-state index contributed by atoms with van der Waals surface area (Å²) in [6.45, 7) is 7.75. The number of nitrogens with one attached hydrogen (secondary N) is 1. The van der Waals surface area contributed by atoms with E-state index in [2.05, 4.69) is 5.32 Å². The molecule has 0 radical (unpaired) electrons. The van der Waals surface area contributed by atoms with E-state index in [-0.39, 0.29) is 18.4 Å². The third kappa shape index (κ3) is 7.85. The number of carbonyl (C=O) groups excluding carboxylic acids is 2. The Kier molecular flexibility index (Phi) is 11.1. The molecule has 1 N–H and O–H groups in total. The molecule has 0 saturated heterocycles. The van der Waals surface area contributed by atoms with Crippen molar-refractivity contribution in [1.82, 2.24) is 10.2 Å². The number of rotatable bonds is 12. The lowest BCUT2D eigenvalue weighted by Gasteiger charge is -2.33. The second-order valence-electron chi connectivity index (χ2n) is 8.95. The van der Waals surface area contributed by atoms with E-state index in [0.717, 1.165) is 22.5 Å². The summed E-state index contributed by atoms with van der Waals surface area (Å²) in [4.78, 5) is 28.1. The first-order valence-corrected chi connectivity index (χ1v) is 14.6. The smallest absolute Gasteiger partial charge is 0.244 e. The van der Waals surface area contributed by atoms with Crippen molar-refractivity contribution >= 4 is 50.7 Å². The van der Waals surface area contributed by atoms with Crippen LogP contribution in [0.2, 0.25) is 10.0 Å². The van der Waals surface area contributed by atoms with Crippen molar-refractivity contribution in [2.24, 2.45) is 0 Å². The van der Waals surface area contributed by atoms with Crippen molar-refractivity contribution in [3.8, 4) is 0 Å². The Morgan fingerprint density at radius 2 is 1.58 bits per heavy atom. The number of carbonyl (C=O) groups is 2. The van der Waals surface area contributed by atoms with E-state index in [1.54, 1.807) is 37.3 Å². The molecular weight excluding hydrogens is 521 g/mol. The molecule has 0 aliphatic rings. The second-order valence-corrected chi connectivity index (χ2v) is 11.7. The SMILES string of the molecule is CCCNC(=O)C(CC)N(Cc1c(Cl)cccc1Cl)C(=O)CN(c1ccc(C(C)C)cc1)S(C)(=O)=O. The van der Waals surface area contributed by atoms with Gasteiger partial charge in [0.2, 0.25) is 21.8 Å². The maximum Gasteiger partial charge on any atom is 0.244 e. The highest BCUT2D eigenvalue weighted by atomic mass is 35.5.